The second kappa shape index (κ2) is 12.3. The van der Waals surface area contributed by atoms with Crippen LogP contribution >= 0.6 is 0 Å². The number of ether oxygens (including phenoxy) is 4. The molecule has 1 atom stereocenters. The second-order valence-corrected chi connectivity index (χ2v) is 9.50. The lowest BCUT2D eigenvalue weighted by atomic mass is 10.1. The number of hydrogen-bond donors (Lipinski definition) is 2. The lowest BCUT2D eigenvalue weighted by Crippen LogP contribution is -2.47. The molecular weight excluding hydrogens is 484 g/mol. The fourth-order valence-corrected chi connectivity index (χ4v) is 4.79. The van der Waals surface area contributed by atoms with Gasteiger partial charge in [-0.2, -0.15) is 4.72 Å². The smallest absolute Gasteiger partial charge is 0.241 e. The first-order valence-corrected chi connectivity index (χ1v) is 12.6. The van der Waals surface area contributed by atoms with Gasteiger partial charge >= 0.3 is 0 Å². The zero-order chi connectivity index (χ0) is 26.1. The summed E-state index contributed by atoms with van der Waals surface area (Å²) >= 11 is 0. The molecule has 3 aromatic carbocycles. The van der Waals surface area contributed by atoms with E-state index in [0.717, 1.165) is 11.1 Å². The third-order valence-electron chi connectivity index (χ3n) is 5.48. The van der Waals surface area contributed by atoms with E-state index in [2.05, 4.69) is 10.0 Å². The summed E-state index contributed by atoms with van der Waals surface area (Å²) < 4.78 is 49.9. The highest BCUT2D eigenvalue weighted by Crippen LogP contribution is 2.30. The molecule has 1 amide bonds. The molecule has 1 unspecified atom stereocenters. The van der Waals surface area contributed by atoms with Crippen molar-refractivity contribution in [2.45, 2.75) is 23.9 Å². The molecule has 192 valence electrons. The van der Waals surface area contributed by atoms with E-state index in [1.165, 1.54) is 46.6 Å². The largest absolute Gasteiger partial charge is 0.493 e. The third-order valence-corrected chi connectivity index (χ3v) is 6.95. The van der Waals surface area contributed by atoms with Crippen molar-refractivity contribution in [3.63, 3.8) is 0 Å². The molecule has 0 bridgehead atoms. The Morgan fingerprint density at radius 3 is 1.94 bits per heavy atom. The van der Waals surface area contributed by atoms with Crippen molar-refractivity contribution in [1.82, 2.24) is 10.0 Å². The number of sulfonamides is 1. The Labute approximate surface area is 211 Å². The summed E-state index contributed by atoms with van der Waals surface area (Å²) in [5.41, 5.74) is 1.57. The van der Waals surface area contributed by atoms with Gasteiger partial charge in [-0.25, -0.2) is 8.42 Å². The van der Waals surface area contributed by atoms with E-state index >= 15 is 0 Å². The molecule has 2 N–H and O–H groups in total. The summed E-state index contributed by atoms with van der Waals surface area (Å²) in [4.78, 5) is 13.1. The number of carbonyl (C=O) groups is 1. The minimum atomic E-state index is -4.07. The van der Waals surface area contributed by atoms with Crippen molar-refractivity contribution in [3.05, 3.63) is 77.9 Å². The van der Waals surface area contributed by atoms with Crippen LogP contribution in [0, 0.1) is 0 Å². The molecule has 0 aliphatic rings. The highest BCUT2D eigenvalue weighted by Gasteiger charge is 2.27. The summed E-state index contributed by atoms with van der Waals surface area (Å²) in [6.45, 7) is 0.169. The van der Waals surface area contributed by atoms with E-state index < -0.39 is 22.0 Å². The van der Waals surface area contributed by atoms with E-state index in [4.69, 9.17) is 18.9 Å². The highest BCUT2D eigenvalue weighted by molar-refractivity contribution is 7.89. The van der Waals surface area contributed by atoms with Gasteiger partial charge in [-0.1, -0.05) is 36.4 Å². The quantitative estimate of drug-likeness (QED) is 0.382. The average Bonchev–Trinajstić information content (AvgIpc) is 2.91. The van der Waals surface area contributed by atoms with E-state index in [1.54, 1.807) is 18.2 Å². The topological polar surface area (TPSA) is 112 Å². The second-order valence-electron chi connectivity index (χ2n) is 7.79. The summed E-state index contributed by atoms with van der Waals surface area (Å²) in [7, 11) is 1.88. The van der Waals surface area contributed by atoms with E-state index in [0.29, 0.717) is 17.2 Å². The zero-order valence-electron chi connectivity index (χ0n) is 20.6. The molecule has 10 heteroatoms. The maximum Gasteiger partial charge on any atom is 0.241 e. The predicted molar refractivity (Wildman–Crippen MR) is 135 cm³/mol. The average molecular weight is 515 g/mol. The molecule has 0 saturated carbocycles. The number of methoxy groups -OCH3 is 4. The number of carbonyl (C=O) groups excluding carboxylic acids is 1. The molecule has 0 aliphatic heterocycles. The molecule has 0 heterocycles. The lowest BCUT2D eigenvalue weighted by molar-refractivity contribution is -0.122. The monoisotopic (exact) mass is 514 g/mol. The van der Waals surface area contributed by atoms with Gasteiger partial charge in [0.1, 0.15) is 6.04 Å². The van der Waals surface area contributed by atoms with E-state index in [9.17, 15) is 13.2 Å². The minimum absolute atomic E-state index is 0.0501. The van der Waals surface area contributed by atoms with Crippen LogP contribution in [0.2, 0.25) is 0 Å². The number of amides is 1. The standard InChI is InChI=1S/C26H30N2O7S/c1-32-22-12-10-19(15-24(22)34-3)17-27-26(29)21(14-18-8-6-5-7-9-18)28-36(30,31)20-11-13-23(33-2)25(16-20)35-4/h5-13,15-16,21,28H,14,17H2,1-4H3,(H,27,29). The molecule has 0 aromatic heterocycles. The normalized spacial score (nSPS) is 11.9. The van der Waals surface area contributed by atoms with Crippen LogP contribution < -0.4 is 29.0 Å². The van der Waals surface area contributed by atoms with Crippen LogP contribution in [0.3, 0.4) is 0 Å². The van der Waals surface area contributed by atoms with Crippen LogP contribution in [-0.4, -0.2) is 48.8 Å². The predicted octanol–water partition coefficient (Wildman–Crippen LogP) is 2.93. The van der Waals surface area contributed by atoms with Gasteiger partial charge in [0.15, 0.2) is 23.0 Å². The number of hydrogen-bond acceptors (Lipinski definition) is 7. The number of nitrogens with one attached hydrogen (secondary N) is 2. The molecule has 9 nitrogen and oxygen atoms in total. The van der Waals surface area contributed by atoms with Gasteiger partial charge in [-0.05, 0) is 41.8 Å². The fraction of sp³-hybridized carbons (Fsp3) is 0.269. The Hall–Kier alpha value is -3.76. The summed E-state index contributed by atoms with van der Waals surface area (Å²) in [5, 5.41) is 2.82. The molecule has 0 radical (unpaired) electrons. The van der Waals surface area contributed by atoms with Crippen LogP contribution in [0.4, 0.5) is 0 Å². The fourth-order valence-electron chi connectivity index (χ4n) is 3.58. The van der Waals surface area contributed by atoms with Crippen molar-refractivity contribution in [2.24, 2.45) is 0 Å². The van der Waals surface area contributed by atoms with Crippen molar-refractivity contribution in [1.29, 1.82) is 0 Å². The molecule has 3 rings (SSSR count). The van der Waals surface area contributed by atoms with Gasteiger partial charge in [-0.15, -0.1) is 0 Å². The van der Waals surface area contributed by atoms with Crippen LogP contribution in [-0.2, 0) is 27.8 Å². The Kier molecular flexibility index (Phi) is 9.15. The summed E-state index contributed by atoms with van der Waals surface area (Å²) in [5.74, 6) is 1.27. The Morgan fingerprint density at radius 1 is 0.750 bits per heavy atom. The Balaban J connectivity index is 1.83. The van der Waals surface area contributed by atoms with Gasteiger partial charge in [0.2, 0.25) is 15.9 Å². The maximum atomic E-state index is 13.2. The maximum absolute atomic E-state index is 13.2. The molecule has 0 fully saturated rings. The van der Waals surface area contributed by atoms with Crippen LogP contribution in [0.5, 0.6) is 23.0 Å². The first-order valence-electron chi connectivity index (χ1n) is 11.1. The molecule has 3 aromatic rings. The summed E-state index contributed by atoms with van der Waals surface area (Å²) in [6.07, 6.45) is 0.158. The van der Waals surface area contributed by atoms with Crippen molar-refractivity contribution < 1.29 is 32.2 Å². The Bertz CT molecular complexity index is 1280. The first-order chi connectivity index (χ1) is 17.3. The van der Waals surface area contributed by atoms with Crippen molar-refractivity contribution >= 4 is 15.9 Å². The molecule has 0 spiro atoms. The van der Waals surface area contributed by atoms with Gasteiger partial charge in [0.25, 0.3) is 0 Å². The number of benzene rings is 3. The van der Waals surface area contributed by atoms with Crippen LogP contribution in [0.15, 0.2) is 71.6 Å². The first kappa shape index (κ1) is 26.8. The Morgan fingerprint density at radius 2 is 1.33 bits per heavy atom. The van der Waals surface area contributed by atoms with E-state index in [1.807, 2.05) is 30.3 Å². The third kappa shape index (κ3) is 6.67. The molecule has 36 heavy (non-hydrogen) atoms. The van der Waals surface area contributed by atoms with E-state index in [-0.39, 0.29) is 23.6 Å². The molecule has 0 aliphatic carbocycles. The van der Waals surface area contributed by atoms with Gasteiger partial charge in [0, 0.05) is 12.6 Å². The highest BCUT2D eigenvalue weighted by atomic mass is 32.2. The minimum Gasteiger partial charge on any atom is -0.493 e. The number of rotatable bonds is 12. The van der Waals surface area contributed by atoms with Gasteiger partial charge in [0.05, 0.1) is 33.3 Å². The SMILES string of the molecule is COc1ccc(CNC(=O)C(Cc2ccccc2)NS(=O)(=O)c2ccc(OC)c(OC)c2)cc1OC. The van der Waals surface area contributed by atoms with Crippen LogP contribution in [0.25, 0.3) is 0 Å². The van der Waals surface area contributed by atoms with Gasteiger partial charge < -0.3 is 24.3 Å². The zero-order valence-corrected chi connectivity index (χ0v) is 21.4. The van der Waals surface area contributed by atoms with Crippen molar-refractivity contribution in [2.75, 3.05) is 28.4 Å². The van der Waals surface area contributed by atoms with Gasteiger partial charge in [-0.3, -0.25) is 4.79 Å². The molecular formula is C26H30N2O7S. The van der Waals surface area contributed by atoms with Crippen molar-refractivity contribution in [3.8, 4) is 23.0 Å². The summed E-state index contributed by atoms with van der Waals surface area (Å²) in [6, 6.07) is 17.6. The molecule has 0 saturated heterocycles. The van der Waals surface area contributed by atoms with Crippen LogP contribution in [0.1, 0.15) is 11.1 Å². The lowest BCUT2D eigenvalue weighted by Gasteiger charge is -2.19.